The van der Waals surface area contributed by atoms with Crippen LogP contribution in [0.15, 0.2) is 188 Å². The molecular weight excluding hydrogens is 671 g/mol. The monoisotopic (exact) mass is 707 g/mol. The van der Waals surface area contributed by atoms with Gasteiger partial charge in [0.25, 0.3) is 0 Å². The van der Waals surface area contributed by atoms with Crippen LogP contribution in [0.4, 0.5) is 17.1 Å². The second-order valence-electron chi connectivity index (χ2n) is 15.1. The number of hydrogen-bond acceptors (Lipinski definition) is 2. The third kappa shape index (κ3) is 4.26. The summed E-state index contributed by atoms with van der Waals surface area (Å²) in [6, 6.07) is 70.1. The van der Waals surface area contributed by atoms with E-state index in [1.807, 2.05) is 11.3 Å². The number of fused-ring (bicyclic) bond motifs is 9. The van der Waals surface area contributed by atoms with Gasteiger partial charge in [0, 0.05) is 42.4 Å². The minimum absolute atomic E-state index is 0.253. The van der Waals surface area contributed by atoms with Crippen LogP contribution >= 0.6 is 11.3 Å². The predicted molar refractivity (Wildman–Crippen MR) is 229 cm³/mol. The van der Waals surface area contributed by atoms with Crippen molar-refractivity contribution in [2.24, 2.45) is 0 Å². The minimum atomic E-state index is -0.301. The molecule has 2 atom stereocenters. The van der Waals surface area contributed by atoms with Crippen LogP contribution in [0, 0.1) is 0 Å². The molecule has 0 radical (unpaired) electrons. The van der Waals surface area contributed by atoms with E-state index < -0.39 is 0 Å². The lowest BCUT2D eigenvalue weighted by Gasteiger charge is -2.32. The summed E-state index contributed by atoms with van der Waals surface area (Å²) in [5.41, 5.74) is 16.2. The second-order valence-corrected chi connectivity index (χ2v) is 16.2. The van der Waals surface area contributed by atoms with Gasteiger partial charge in [-0.05, 0) is 112 Å². The molecule has 0 saturated heterocycles. The van der Waals surface area contributed by atoms with E-state index in [-0.39, 0.29) is 10.8 Å². The van der Waals surface area contributed by atoms with Crippen LogP contribution in [0.2, 0.25) is 0 Å². The molecule has 11 rings (SSSR count). The minimum Gasteiger partial charge on any atom is -0.310 e. The van der Waals surface area contributed by atoms with Gasteiger partial charge in [-0.25, -0.2) is 0 Å². The highest BCUT2D eigenvalue weighted by Crippen LogP contribution is 2.56. The van der Waals surface area contributed by atoms with E-state index in [1.54, 1.807) is 0 Å². The molecule has 2 aliphatic carbocycles. The Bertz CT molecular complexity index is 2920. The molecule has 0 amide bonds. The molecular formula is C52H37NS. The van der Waals surface area contributed by atoms with E-state index >= 15 is 0 Å². The molecule has 1 nitrogen and oxygen atoms in total. The molecule has 256 valence electrons. The van der Waals surface area contributed by atoms with Crippen molar-refractivity contribution < 1.29 is 0 Å². The van der Waals surface area contributed by atoms with E-state index in [0.29, 0.717) is 0 Å². The zero-order valence-corrected chi connectivity index (χ0v) is 31.1. The SMILES string of the molecule is CC1(c2ccccc2)c2ccccc2-c2cc(N(c3ccc4c(c3)C(C)(c3ccccc3)c3ccccc3-4)c3cccc4sc5ccccc5c34)ccc21. The summed E-state index contributed by atoms with van der Waals surface area (Å²) in [5, 5.41) is 2.59. The fraction of sp³-hybridized carbons (Fsp3) is 0.0769. The van der Waals surface area contributed by atoms with Gasteiger partial charge in [0.1, 0.15) is 0 Å². The maximum Gasteiger partial charge on any atom is 0.0554 e. The standard InChI is InChI=1S/C52H37NS/c1-51(34-16-5-3-6-17-34)44-24-13-10-21-39(44)42-32-36(29-31-45(42)51)53(47-25-15-27-49-50(47)41-22-11-14-26-48(41)54-49)37-28-30-40-38-20-9-12-23-43(38)52(2,46(40)33-37)35-18-7-4-8-19-35/h3-33H,1-2H3. The van der Waals surface area contributed by atoms with Crippen molar-refractivity contribution in [3.8, 4) is 22.3 Å². The average molecular weight is 708 g/mol. The molecule has 2 heteroatoms. The first-order valence-corrected chi connectivity index (χ1v) is 19.7. The smallest absolute Gasteiger partial charge is 0.0554 e. The molecule has 0 saturated carbocycles. The summed E-state index contributed by atoms with van der Waals surface area (Å²) < 4.78 is 2.60. The van der Waals surface area contributed by atoms with Crippen LogP contribution in [0.1, 0.15) is 47.2 Å². The maximum absolute atomic E-state index is 2.53. The van der Waals surface area contributed by atoms with Crippen molar-refractivity contribution in [2.45, 2.75) is 24.7 Å². The highest BCUT2D eigenvalue weighted by Gasteiger charge is 2.42. The Morgan fingerprint density at radius 1 is 0.389 bits per heavy atom. The van der Waals surface area contributed by atoms with Crippen LogP contribution in [0.25, 0.3) is 42.4 Å². The van der Waals surface area contributed by atoms with E-state index in [4.69, 9.17) is 0 Å². The molecule has 54 heavy (non-hydrogen) atoms. The van der Waals surface area contributed by atoms with Crippen molar-refractivity contribution in [3.05, 3.63) is 221 Å². The van der Waals surface area contributed by atoms with Gasteiger partial charge in [-0.3, -0.25) is 0 Å². The average Bonchev–Trinajstić information content (AvgIpc) is 3.84. The first-order valence-electron chi connectivity index (χ1n) is 18.9. The topological polar surface area (TPSA) is 3.24 Å². The van der Waals surface area contributed by atoms with Gasteiger partial charge < -0.3 is 4.90 Å². The van der Waals surface area contributed by atoms with Gasteiger partial charge in [-0.15, -0.1) is 11.3 Å². The fourth-order valence-electron chi connectivity index (χ4n) is 9.78. The van der Waals surface area contributed by atoms with Gasteiger partial charge in [0.05, 0.1) is 5.69 Å². The lowest BCUT2D eigenvalue weighted by molar-refractivity contribution is 0.713. The molecule has 2 aliphatic rings. The Hall–Kier alpha value is -6.22. The Morgan fingerprint density at radius 3 is 1.63 bits per heavy atom. The third-order valence-electron chi connectivity index (χ3n) is 12.4. The highest BCUT2D eigenvalue weighted by atomic mass is 32.1. The van der Waals surface area contributed by atoms with Crippen molar-refractivity contribution >= 4 is 48.6 Å². The van der Waals surface area contributed by atoms with Crippen molar-refractivity contribution in [2.75, 3.05) is 4.90 Å². The van der Waals surface area contributed by atoms with E-state index in [0.717, 1.165) is 11.4 Å². The summed E-state index contributed by atoms with van der Waals surface area (Å²) in [6.45, 7) is 4.80. The van der Waals surface area contributed by atoms with Gasteiger partial charge in [-0.1, -0.05) is 146 Å². The third-order valence-corrected chi connectivity index (χ3v) is 13.6. The predicted octanol–water partition coefficient (Wildman–Crippen LogP) is 14.2. The number of nitrogens with zero attached hydrogens (tertiary/aromatic N) is 1. The molecule has 0 aliphatic heterocycles. The molecule has 9 aromatic rings. The van der Waals surface area contributed by atoms with Crippen LogP contribution in [-0.4, -0.2) is 0 Å². The summed E-state index contributed by atoms with van der Waals surface area (Å²) in [6.07, 6.45) is 0. The van der Waals surface area contributed by atoms with E-state index in [1.165, 1.54) is 81.5 Å². The second kappa shape index (κ2) is 11.6. The van der Waals surface area contributed by atoms with Crippen LogP contribution in [0.5, 0.6) is 0 Å². The molecule has 0 spiro atoms. The summed E-state index contributed by atoms with van der Waals surface area (Å²) in [4.78, 5) is 2.53. The number of benzene rings is 8. The number of rotatable bonds is 5. The number of thiophene rings is 1. The Balaban J connectivity index is 1.19. The van der Waals surface area contributed by atoms with Crippen LogP contribution < -0.4 is 4.90 Å². The molecule has 0 N–H and O–H groups in total. The van der Waals surface area contributed by atoms with Gasteiger partial charge >= 0.3 is 0 Å². The molecule has 1 heterocycles. The van der Waals surface area contributed by atoms with E-state index in [2.05, 4.69) is 207 Å². The summed E-state index contributed by atoms with van der Waals surface area (Å²) in [7, 11) is 0. The lowest BCUT2D eigenvalue weighted by atomic mass is 9.74. The maximum atomic E-state index is 2.53. The highest BCUT2D eigenvalue weighted by molar-refractivity contribution is 7.26. The number of hydrogen-bond donors (Lipinski definition) is 0. The van der Waals surface area contributed by atoms with Crippen molar-refractivity contribution in [1.82, 2.24) is 0 Å². The normalized spacial score (nSPS) is 18.0. The van der Waals surface area contributed by atoms with Gasteiger partial charge in [0.15, 0.2) is 0 Å². The first-order chi connectivity index (χ1) is 26.5. The summed E-state index contributed by atoms with van der Waals surface area (Å²) >= 11 is 1.87. The van der Waals surface area contributed by atoms with Gasteiger partial charge in [0.2, 0.25) is 0 Å². The fourth-order valence-corrected chi connectivity index (χ4v) is 10.9. The van der Waals surface area contributed by atoms with Crippen molar-refractivity contribution in [3.63, 3.8) is 0 Å². The molecule has 0 bridgehead atoms. The Labute approximate surface area is 320 Å². The van der Waals surface area contributed by atoms with Crippen molar-refractivity contribution in [1.29, 1.82) is 0 Å². The van der Waals surface area contributed by atoms with E-state index in [9.17, 15) is 0 Å². The molecule has 0 fully saturated rings. The quantitative estimate of drug-likeness (QED) is 0.172. The molecule has 8 aromatic carbocycles. The largest absolute Gasteiger partial charge is 0.310 e. The first kappa shape index (κ1) is 31.3. The molecule has 1 aromatic heterocycles. The molecule has 2 unspecified atom stereocenters. The summed E-state index contributed by atoms with van der Waals surface area (Å²) in [5.74, 6) is 0. The van der Waals surface area contributed by atoms with Crippen LogP contribution in [0.3, 0.4) is 0 Å². The Kier molecular flexibility index (Phi) is 6.75. The van der Waals surface area contributed by atoms with Gasteiger partial charge in [-0.2, -0.15) is 0 Å². The number of anilines is 3. The lowest BCUT2D eigenvalue weighted by Crippen LogP contribution is -2.23. The van der Waals surface area contributed by atoms with Crippen LogP contribution in [-0.2, 0) is 10.8 Å². The Morgan fingerprint density at radius 2 is 0.907 bits per heavy atom. The zero-order chi connectivity index (χ0) is 36.0. The zero-order valence-electron chi connectivity index (χ0n) is 30.3.